The quantitative estimate of drug-likeness (QED) is 0.391. The lowest BCUT2D eigenvalue weighted by molar-refractivity contribution is 0.0828. The predicted molar refractivity (Wildman–Crippen MR) is 128 cm³/mol. The van der Waals surface area contributed by atoms with Crippen LogP contribution in [0.15, 0.2) is 48.9 Å². The van der Waals surface area contributed by atoms with E-state index in [9.17, 15) is 4.79 Å². The number of ether oxygens (including phenoxy) is 1. The zero-order chi connectivity index (χ0) is 22.6. The first-order chi connectivity index (χ1) is 15.3. The molecule has 4 aromatic heterocycles. The zero-order valence-electron chi connectivity index (χ0n) is 18.6. The van der Waals surface area contributed by atoms with Gasteiger partial charge in [-0.05, 0) is 25.1 Å². The van der Waals surface area contributed by atoms with Crippen molar-refractivity contribution in [2.24, 2.45) is 14.1 Å². The molecule has 0 aliphatic rings. The number of amides is 1. The summed E-state index contributed by atoms with van der Waals surface area (Å²) in [5.41, 5.74) is 3.49. The summed E-state index contributed by atoms with van der Waals surface area (Å²) < 4.78 is 11.3. The maximum Gasteiger partial charge on any atom is 0.255 e. The number of imidazole rings is 1. The molecule has 0 fully saturated rings. The Labute approximate surface area is 189 Å². The van der Waals surface area contributed by atoms with Gasteiger partial charge in [-0.1, -0.05) is 0 Å². The Hall–Kier alpha value is -3.65. The number of benzene rings is 1. The van der Waals surface area contributed by atoms with Gasteiger partial charge in [0.25, 0.3) is 5.91 Å². The van der Waals surface area contributed by atoms with Gasteiger partial charge in [-0.2, -0.15) is 0 Å². The zero-order valence-corrected chi connectivity index (χ0v) is 19.4. The molecule has 1 amide bonds. The number of thiophene rings is 1. The van der Waals surface area contributed by atoms with Crippen molar-refractivity contribution in [2.45, 2.75) is 6.92 Å². The molecule has 1 aromatic carbocycles. The maximum absolute atomic E-state index is 12.7. The van der Waals surface area contributed by atoms with Crippen LogP contribution in [-0.2, 0) is 14.1 Å². The van der Waals surface area contributed by atoms with Crippen molar-refractivity contribution in [3.63, 3.8) is 0 Å². The highest BCUT2D eigenvalue weighted by atomic mass is 32.1. The minimum Gasteiger partial charge on any atom is -0.456 e. The number of carbonyl (C=O) groups is 1. The molecule has 7 nitrogen and oxygen atoms in total. The van der Waals surface area contributed by atoms with Crippen LogP contribution in [0.25, 0.3) is 31.8 Å². The summed E-state index contributed by atoms with van der Waals surface area (Å²) in [6, 6.07) is 9.77. The number of carbonyl (C=O) groups excluding carboxylic acids is 1. The SMILES string of the molecule is Cc1c(C(=O)N(C)C)c2ccc(Oc3ccnc4cc(-c5nccn5C)sc34)cc2n1C. The third-order valence-electron chi connectivity index (χ3n) is 5.73. The van der Waals surface area contributed by atoms with Crippen molar-refractivity contribution in [1.29, 1.82) is 0 Å². The van der Waals surface area contributed by atoms with E-state index in [0.29, 0.717) is 5.75 Å². The normalized spacial score (nSPS) is 11.4. The third kappa shape index (κ3) is 3.15. The highest BCUT2D eigenvalue weighted by molar-refractivity contribution is 7.22. The van der Waals surface area contributed by atoms with Crippen molar-refractivity contribution < 1.29 is 9.53 Å². The Bertz CT molecular complexity index is 1490. The summed E-state index contributed by atoms with van der Waals surface area (Å²) >= 11 is 1.61. The second-order valence-corrected chi connectivity index (χ2v) is 9.05. The van der Waals surface area contributed by atoms with Gasteiger partial charge in [0.1, 0.15) is 17.3 Å². The first kappa shape index (κ1) is 20.3. The first-order valence-electron chi connectivity index (χ1n) is 10.2. The fourth-order valence-electron chi connectivity index (χ4n) is 3.94. The number of hydrogen-bond acceptors (Lipinski definition) is 5. The van der Waals surface area contributed by atoms with Crippen molar-refractivity contribution in [3.05, 3.63) is 60.2 Å². The molecular formula is C24H23N5O2S. The van der Waals surface area contributed by atoms with Crippen LogP contribution < -0.4 is 4.74 Å². The van der Waals surface area contributed by atoms with E-state index in [0.717, 1.165) is 48.8 Å². The van der Waals surface area contributed by atoms with Crippen molar-refractivity contribution in [2.75, 3.05) is 14.1 Å². The largest absolute Gasteiger partial charge is 0.456 e. The van der Waals surface area contributed by atoms with Crippen LogP contribution in [-0.4, -0.2) is 44.0 Å². The van der Waals surface area contributed by atoms with Crippen molar-refractivity contribution in [3.8, 4) is 22.2 Å². The molecule has 0 unspecified atom stereocenters. The molecule has 162 valence electrons. The fourth-order valence-corrected chi connectivity index (χ4v) is 5.04. The number of pyridine rings is 1. The van der Waals surface area contributed by atoms with E-state index >= 15 is 0 Å². The van der Waals surface area contributed by atoms with Gasteiger partial charge in [-0.15, -0.1) is 11.3 Å². The average Bonchev–Trinajstić information content (AvgIpc) is 3.45. The third-order valence-corrected chi connectivity index (χ3v) is 6.86. The monoisotopic (exact) mass is 445 g/mol. The van der Waals surface area contributed by atoms with E-state index in [4.69, 9.17) is 4.74 Å². The number of aryl methyl sites for hydroxylation is 2. The van der Waals surface area contributed by atoms with E-state index in [1.807, 2.05) is 66.7 Å². The molecule has 0 aliphatic carbocycles. The Kier molecular flexibility index (Phi) is 4.74. The average molecular weight is 446 g/mol. The van der Waals surface area contributed by atoms with Gasteiger partial charge in [0, 0.05) is 70.0 Å². The molecule has 0 N–H and O–H groups in total. The summed E-state index contributed by atoms with van der Waals surface area (Å²) in [6.45, 7) is 1.97. The smallest absolute Gasteiger partial charge is 0.255 e. The Morgan fingerprint density at radius 3 is 2.62 bits per heavy atom. The molecular weight excluding hydrogens is 422 g/mol. The van der Waals surface area contributed by atoms with Gasteiger partial charge in [0.05, 0.1) is 26.2 Å². The van der Waals surface area contributed by atoms with Crippen LogP contribution in [0.5, 0.6) is 11.5 Å². The van der Waals surface area contributed by atoms with E-state index < -0.39 is 0 Å². The molecule has 4 heterocycles. The molecule has 5 rings (SSSR count). The number of fused-ring (bicyclic) bond motifs is 2. The van der Waals surface area contributed by atoms with Crippen LogP contribution in [0.3, 0.4) is 0 Å². The Balaban J connectivity index is 1.56. The van der Waals surface area contributed by atoms with Gasteiger partial charge in [0.15, 0.2) is 0 Å². The van der Waals surface area contributed by atoms with Gasteiger partial charge in [-0.3, -0.25) is 9.78 Å². The van der Waals surface area contributed by atoms with Gasteiger partial charge < -0.3 is 18.8 Å². The lowest BCUT2D eigenvalue weighted by Gasteiger charge is -2.10. The highest BCUT2D eigenvalue weighted by Gasteiger charge is 2.21. The molecule has 0 saturated heterocycles. The van der Waals surface area contributed by atoms with Gasteiger partial charge in [-0.25, -0.2) is 4.98 Å². The molecule has 0 spiro atoms. The van der Waals surface area contributed by atoms with E-state index in [-0.39, 0.29) is 5.91 Å². The molecule has 32 heavy (non-hydrogen) atoms. The molecule has 0 atom stereocenters. The van der Waals surface area contributed by atoms with E-state index in [1.165, 1.54) is 0 Å². The number of hydrogen-bond donors (Lipinski definition) is 0. The van der Waals surface area contributed by atoms with Crippen LogP contribution in [0.2, 0.25) is 0 Å². The van der Waals surface area contributed by atoms with E-state index in [2.05, 4.69) is 9.97 Å². The van der Waals surface area contributed by atoms with Gasteiger partial charge in [0.2, 0.25) is 0 Å². The Morgan fingerprint density at radius 1 is 1.09 bits per heavy atom. The van der Waals surface area contributed by atoms with Crippen LogP contribution in [0, 0.1) is 6.92 Å². The molecule has 0 bridgehead atoms. The van der Waals surface area contributed by atoms with Crippen LogP contribution in [0.4, 0.5) is 0 Å². The molecule has 8 heteroatoms. The number of rotatable bonds is 4. The summed E-state index contributed by atoms with van der Waals surface area (Å²) in [4.78, 5) is 24.3. The molecule has 0 radical (unpaired) electrons. The van der Waals surface area contributed by atoms with Crippen molar-refractivity contribution >= 4 is 38.4 Å². The molecule has 0 aliphatic heterocycles. The number of nitrogens with zero attached hydrogens (tertiary/aromatic N) is 5. The topological polar surface area (TPSA) is 65.2 Å². The molecule has 0 saturated carbocycles. The maximum atomic E-state index is 12.7. The van der Waals surface area contributed by atoms with Gasteiger partial charge >= 0.3 is 0 Å². The summed E-state index contributed by atoms with van der Waals surface area (Å²) in [7, 11) is 7.49. The highest BCUT2D eigenvalue weighted by Crippen LogP contribution is 2.39. The van der Waals surface area contributed by atoms with Crippen molar-refractivity contribution in [1.82, 2.24) is 24.0 Å². The lowest BCUT2D eigenvalue weighted by Crippen LogP contribution is -2.22. The first-order valence-corrected chi connectivity index (χ1v) is 11.0. The standard InChI is InChI=1S/C24H23N5O2S/c1-14-21(24(30)27(2)3)16-7-6-15(12-18(16)29(14)5)31-19-8-9-25-17-13-20(32-22(17)19)23-26-10-11-28(23)4/h6-13H,1-5H3. The summed E-state index contributed by atoms with van der Waals surface area (Å²) in [5.74, 6) is 2.35. The Morgan fingerprint density at radius 2 is 1.91 bits per heavy atom. The molecule has 5 aromatic rings. The minimum atomic E-state index is -0.00184. The lowest BCUT2D eigenvalue weighted by atomic mass is 10.1. The number of aromatic nitrogens is 4. The van der Waals surface area contributed by atoms with Crippen LogP contribution in [0.1, 0.15) is 16.1 Å². The minimum absolute atomic E-state index is 0.00184. The second-order valence-electron chi connectivity index (χ2n) is 8.00. The predicted octanol–water partition coefficient (Wildman–Crippen LogP) is 4.99. The summed E-state index contributed by atoms with van der Waals surface area (Å²) in [5, 5.41) is 0.920. The fraction of sp³-hybridized carbons (Fsp3) is 0.208. The summed E-state index contributed by atoms with van der Waals surface area (Å²) in [6.07, 6.45) is 5.47. The van der Waals surface area contributed by atoms with Crippen LogP contribution >= 0.6 is 11.3 Å². The second kappa shape index (κ2) is 7.49. The van der Waals surface area contributed by atoms with E-state index in [1.54, 1.807) is 42.7 Å².